The molecular weight excluding hydrogens is 344 g/mol. The molecule has 1 N–H and O–H groups in total. The van der Waals surface area contributed by atoms with E-state index < -0.39 is 12.0 Å². The number of hydrogen-bond donors (Lipinski definition) is 1. The van der Waals surface area contributed by atoms with E-state index in [2.05, 4.69) is 20.5 Å². The number of methoxy groups -OCH3 is 1. The number of carbonyl (C=O) groups is 2. The quantitative estimate of drug-likeness (QED) is 0.559. The zero-order chi connectivity index (χ0) is 18.2. The third-order valence-corrected chi connectivity index (χ3v) is 3.99. The molecule has 25 heavy (non-hydrogen) atoms. The van der Waals surface area contributed by atoms with E-state index in [1.165, 1.54) is 7.11 Å². The molecule has 1 amide bonds. The molecule has 0 saturated carbocycles. The molecule has 0 aliphatic carbocycles. The minimum Gasteiger partial charge on any atom is -0.467 e. The summed E-state index contributed by atoms with van der Waals surface area (Å²) in [6.07, 6.45) is 3.77. The van der Waals surface area contributed by atoms with Crippen LogP contribution in [0.1, 0.15) is 20.3 Å². The number of esters is 1. The maximum absolute atomic E-state index is 12.1. The maximum atomic E-state index is 12.1. The fraction of sp³-hybridized carbons (Fsp3) is 0.438. The number of nitrogens with zero attached hydrogens (tertiary/aromatic N) is 3. The van der Waals surface area contributed by atoms with Crippen LogP contribution >= 0.6 is 11.8 Å². The first-order valence-corrected chi connectivity index (χ1v) is 8.72. The smallest absolute Gasteiger partial charge is 0.328 e. The lowest BCUT2D eigenvalue weighted by Crippen LogP contribution is -2.43. The summed E-state index contributed by atoms with van der Waals surface area (Å²) >= 11 is 1.10. The fourth-order valence-electron chi connectivity index (χ4n) is 2.07. The molecular formula is C16H20N4O4S. The Morgan fingerprint density at radius 1 is 1.36 bits per heavy atom. The number of ether oxygens (including phenoxy) is 1. The van der Waals surface area contributed by atoms with Crippen LogP contribution < -0.4 is 5.32 Å². The first-order chi connectivity index (χ1) is 12.0. The summed E-state index contributed by atoms with van der Waals surface area (Å²) < 4.78 is 10.2. The van der Waals surface area contributed by atoms with Crippen molar-refractivity contribution in [3.8, 4) is 11.5 Å². The molecule has 0 aliphatic heterocycles. The SMILES string of the molecule is COC(=O)[C@H](CC(C)C)NC(=O)CSc1nnc(-c2cccnc2)o1. The molecule has 0 aliphatic rings. The Morgan fingerprint density at radius 2 is 2.16 bits per heavy atom. The minimum atomic E-state index is -0.660. The molecule has 0 unspecified atom stereocenters. The van der Waals surface area contributed by atoms with Crippen LogP contribution in [-0.4, -0.2) is 46.0 Å². The lowest BCUT2D eigenvalue weighted by molar-refractivity contribution is -0.145. The lowest BCUT2D eigenvalue weighted by atomic mass is 10.0. The lowest BCUT2D eigenvalue weighted by Gasteiger charge is -2.17. The molecule has 0 saturated heterocycles. The van der Waals surface area contributed by atoms with Gasteiger partial charge in [0.2, 0.25) is 11.8 Å². The van der Waals surface area contributed by atoms with Crippen LogP contribution in [0.2, 0.25) is 0 Å². The van der Waals surface area contributed by atoms with Crippen molar-refractivity contribution in [1.29, 1.82) is 0 Å². The third kappa shape index (κ3) is 5.86. The van der Waals surface area contributed by atoms with Gasteiger partial charge in [0.05, 0.1) is 18.4 Å². The fourth-order valence-corrected chi connectivity index (χ4v) is 2.64. The highest BCUT2D eigenvalue weighted by Crippen LogP contribution is 2.22. The first kappa shape index (κ1) is 18.9. The Balaban J connectivity index is 1.89. The van der Waals surface area contributed by atoms with E-state index in [1.807, 2.05) is 13.8 Å². The number of hydrogen-bond acceptors (Lipinski definition) is 8. The number of rotatable bonds is 8. The Morgan fingerprint density at radius 3 is 2.80 bits per heavy atom. The summed E-state index contributed by atoms with van der Waals surface area (Å²) in [6.45, 7) is 3.94. The van der Waals surface area contributed by atoms with Crippen LogP contribution in [0.5, 0.6) is 0 Å². The Labute approximate surface area is 149 Å². The molecule has 2 aromatic heterocycles. The van der Waals surface area contributed by atoms with Gasteiger partial charge >= 0.3 is 5.97 Å². The van der Waals surface area contributed by atoms with Crippen LogP contribution in [0.4, 0.5) is 0 Å². The average molecular weight is 364 g/mol. The van der Waals surface area contributed by atoms with Gasteiger partial charge in [-0.3, -0.25) is 9.78 Å². The van der Waals surface area contributed by atoms with E-state index >= 15 is 0 Å². The molecule has 0 aromatic carbocycles. The van der Waals surface area contributed by atoms with Crippen molar-refractivity contribution in [2.75, 3.05) is 12.9 Å². The zero-order valence-corrected chi connectivity index (χ0v) is 15.1. The average Bonchev–Trinajstić information content (AvgIpc) is 3.08. The second kappa shape index (κ2) is 9.16. The van der Waals surface area contributed by atoms with Gasteiger partial charge in [-0.25, -0.2) is 4.79 Å². The van der Waals surface area contributed by atoms with E-state index in [0.29, 0.717) is 17.9 Å². The number of aromatic nitrogens is 3. The predicted octanol–water partition coefficient (Wildman–Crippen LogP) is 1.93. The number of amides is 1. The van der Waals surface area contributed by atoms with Gasteiger partial charge in [-0.1, -0.05) is 25.6 Å². The van der Waals surface area contributed by atoms with Crippen LogP contribution in [0, 0.1) is 5.92 Å². The molecule has 0 fully saturated rings. The maximum Gasteiger partial charge on any atom is 0.328 e. The highest BCUT2D eigenvalue weighted by atomic mass is 32.2. The van der Waals surface area contributed by atoms with E-state index in [9.17, 15) is 9.59 Å². The van der Waals surface area contributed by atoms with Crippen molar-refractivity contribution in [3.63, 3.8) is 0 Å². The Hall–Kier alpha value is -2.42. The monoisotopic (exact) mass is 364 g/mol. The summed E-state index contributed by atoms with van der Waals surface area (Å²) in [5.74, 6) is -0.121. The van der Waals surface area contributed by atoms with Crippen molar-refractivity contribution in [3.05, 3.63) is 24.5 Å². The zero-order valence-electron chi connectivity index (χ0n) is 14.3. The largest absolute Gasteiger partial charge is 0.467 e. The molecule has 2 rings (SSSR count). The van der Waals surface area contributed by atoms with Crippen molar-refractivity contribution >= 4 is 23.6 Å². The van der Waals surface area contributed by atoms with E-state index in [4.69, 9.17) is 9.15 Å². The summed E-state index contributed by atoms with van der Waals surface area (Å²) in [5.41, 5.74) is 0.703. The summed E-state index contributed by atoms with van der Waals surface area (Å²) in [7, 11) is 1.30. The highest BCUT2D eigenvalue weighted by molar-refractivity contribution is 7.99. The molecule has 9 heteroatoms. The van der Waals surface area contributed by atoms with Crippen LogP contribution in [0.15, 0.2) is 34.2 Å². The number of carbonyl (C=O) groups excluding carboxylic acids is 2. The van der Waals surface area contributed by atoms with E-state index in [-0.39, 0.29) is 22.8 Å². The normalized spacial score (nSPS) is 12.0. The molecule has 8 nitrogen and oxygen atoms in total. The molecule has 0 radical (unpaired) electrons. The number of thioether (sulfide) groups is 1. The van der Waals surface area contributed by atoms with Gasteiger partial charge < -0.3 is 14.5 Å². The van der Waals surface area contributed by atoms with Gasteiger partial charge in [-0.05, 0) is 24.5 Å². The first-order valence-electron chi connectivity index (χ1n) is 7.73. The Bertz CT molecular complexity index is 705. The third-order valence-electron chi connectivity index (χ3n) is 3.17. The van der Waals surface area contributed by atoms with Crippen molar-refractivity contribution in [2.45, 2.75) is 31.5 Å². The van der Waals surface area contributed by atoms with Gasteiger partial charge in [-0.15, -0.1) is 10.2 Å². The van der Waals surface area contributed by atoms with Crippen molar-refractivity contribution in [1.82, 2.24) is 20.5 Å². The van der Waals surface area contributed by atoms with Crippen LogP contribution in [0.3, 0.4) is 0 Å². The van der Waals surface area contributed by atoms with Gasteiger partial charge in [-0.2, -0.15) is 0 Å². The minimum absolute atomic E-state index is 0.0558. The van der Waals surface area contributed by atoms with E-state index in [1.54, 1.807) is 24.5 Å². The van der Waals surface area contributed by atoms with Crippen LogP contribution in [0.25, 0.3) is 11.5 Å². The molecule has 2 heterocycles. The number of pyridine rings is 1. The summed E-state index contributed by atoms with van der Waals surface area (Å²) in [5, 5.41) is 10.8. The molecule has 0 spiro atoms. The molecule has 0 bridgehead atoms. The molecule has 2 aromatic rings. The molecule has 1 atom stereocenters. The summed E-state index contributed by atoms with van der Waals surface area (Å²) in [6, 6.07) is 2.91. The topological polar surface area (TPSA) is 107 Å². The van der Waals surface area contributed by atoms with Crippen molar-refractivity contribution < 1.29 is 18.7 Å². The van der Waals surface area contributed by atoms with Crippen LogP contribution in [-0.2, 0) is 14.3 Å². The van der Waals surface area contributed by atoms with Crippen molar-refractivity contribution in [2.24, 2.45) is 5.92 Å². The molecule has 134 valence electrons. The van der Waals surface area contributed by atoms with E-state index in [0.717, 1.165) is 11.8 Å². The second-order valence-corrected chi connectivity index (χ2v) is 6.60. The highest BCUT2D eigenvalue weighted by Gasteiger charge is 2.23. The van der Waals surface area contributed by atoms with Gasteiger partial charge in [0.25, 0.3) is 5.22 Å². The summed E-state index contributed by atoms with van der Waals surface area (Å²) in [4.78, 5) is 27.8. The van der Waals surface area contributed by atoms with Gasteiger partial charge in [0.15, 0.2) is 0 Å². The predicted molar refractivity (Wildman–Crippen MR) is 91.7 cm³/mol. The van der Waals surface area contributed by atoms with Gasteiger partial charge in [0, 0.05) is 12.4 Å². The standard InChI is InChI=1S/C16H20N4O4S/c1-10(2)7-12(15(22)23-3)18-13(21)9-25-16-20-19-14(24-16)11-5-4-6-17-8-11/h4-6,8,10,12H,7,9H2,1-3H3,(H,18,21)/t12-/m0/s1. The Kier molecular flexibility index (Phi) is 6.93. The number of nitrogens with one attached hydrogen (secondary N) is 1. The second-order valence-electron chi connectivity index (χ2n) is 5.68. The van der Waals surface area contributed by atoms with Gasteiger partial charge in [0.1, 0.15) is 6.04 Å².